The molecule has 1 heterocycles. The summed E-state index contributed by atoms with van der Waals surface area (Å²) in [5, 5.41) is 17.2. The summed E-state index contributed by atoms with van der Waals surface area (Å²) in [6.07, 6.45) is 1.64. The van der Waals surface area contributed by atoms with E-state index in [4.69, 9.17) is 15.3 Å². The molecule has 0 spiro atoms. The van der Waals surface area contributed by atoms with E-state index in [0.717, 1.165) is 0 Å². The maximum Gasteiger partial charge on any atom is 0.349 e. The molecular weight excluding hydrogens is 192 g/mol. The minimum absolute atomic E-state index is 0.109. The van der Waals surface area contributed by atoms with Crippen molar-refractivity contribution in [3.8, 4) is 12.1 Å². The van der Waals surface area contributed by atoms with E-state index >= 15 is 0 Å². The number of nitriles is 2. The lowest BCUT2D eigenvalue weighted by Gasteiger charge is -2.20. The first kappa shape index (κ1) is 11.3. The molecule has 1 aliphatic rings. The van der Waals surface area contributed by atoms with E-state index in [9.17, 15) is 4.79 Å². The highest BCUT2D eigenvalue weighted by atomic mass is 16.6. The molecule has 1 aliphatic heterocycles. The van der Waals surface area contributed by atoms with Crippen LogP contribution in [0.1, 0.15) is 33.1 Å². The number of hydrogen-bond donors (Lipinski definition) is 0. The number of carbonyl (C=O) groups is 1. The maximum atomic E-state index is 11.3. The molecule has 1 rings (SSSR count). The number of esters is 1. The molecule has 0 saturated carbocycles. The molecule has 4 nitrogen and oxygen atoms in total. The summed E-state index contributed by atoms with van der Waals surface area (Å²) in [7, 11) is 0. The van der Waals surface area contributed by atoms with Gasteiger partial charge in [-0.05, 0) is 32.3 Å². The average Bonchev–Trinajstić information content (AvgIpc) is 2.36. The van der Waals surface area contributed by atoms with Crippen molar-refractivity contribution in [2.75, 3.05) is 0 Å². The van der Waals surface area contributed by atoms with Gasteiger partial charge in [0, 0.05) is 6.42 Å². The minimum atomic E-state index is -0.697. The first-order valence-corrected chi connectivity index (χ1v) is 4.77. The van der Waals surface area contributed by atoms with Gasteiger partial charge in [0.05, 0.1) is 6.07 Å². The Balaban J connectivity index is 2.89. The molecule has 4 heteroatoms. The Morgan fingerprint density at radius 1 is 1.40 bits per heavy atom. The third-order valence-electron chi connectivity index (χ3n) is 2.41. The maximum absolute atomic E-state index is 11.3. The van der Waals surface area contributed by atoms with Crippen LogP contribution >= 0.6 is 0 Å². The lowest BCUT2D eigenvalue weighted by molar-refractivity contribution is -0.144. The highest BCUT2D eigenvalue weighted by molar-refractivity contribution is 5.97. The second-order valence-corrected chi connectivity index (χ2v) is 3.88. The van der Waals surface area contributed by atoms with Gasteiger partial charge in [0.1, 0.15) is 17.2 Å². The van der Waals surface area contributed by atoms with Crippen LogP contribution in [0, 0.1) is 22.7 Å². The van der Waals surface area contributed by atoms with Crippen LogP contribution in [0.5, 0.6) is 0 Å². The molecule has 0 N–H and O–H groups in total. The smallest absolute Gasteiger partial charge is 0.349 e. The molecule has 0 unspecified atom stereocenters. The second-order valence-electron chi connectivity index (χ2n) is 3.88. The van der Waals surface area contributed by atoms with Crippen molar-refractivity contribution in [3.63, 3.8) is 0 Å². The molecule has 0 saturated heterocycles. The minimum Gasteiger partial charge on any atom is -0.451 e. The third-order valence-corrected chi connectivity index (χ3v) is 2.41. The zero-order chi connectivity index (χ0) is 11.5. The number of nitrogens with zero attached hydrogens (tertiary/aromatic N) is 2. The predicted molar refractivity (Wildman–Crippen MR) is 52.3 cm³/mol. The zero-order valence-electron chi connectivity index (χ0n) is 8.83. The summed E-state index contributed by atoms with van der Waals surface area (Å²) in [6, 6.07) is 3.90. The topological polar surface area (TPSA) is 73.9 Å². The largest absolute Gasteiger partial charge is 0.451 e. The van der Waals surface area contributed by atoms with Gasteiger partial charge < -0.3 is 4.74 Å². The summed E-state index contributed by atoms with van der Waals surface area (Å²) >= 11 is 0. The van der Waals surface area contributed by atoms with Crippen molar-refractivity contribution < 1.29 is 9.53 Å². The van der Waals surface area contributed by atoms with E-state index in [1.807, 2.05) is 12.1 Å². The van der Waals surface area contributed by atoms with Crippen LogP contribution in [0.15, 0.2) is 11.1 Å². The lowest BCUT2D eigenvalue weighted by Crippen LogP contribution is -2.23. The van der Waals surface area contributed by atoms with E-state index in [2.05, 4.69) is 0 Å². The van der Waals surface area contributed by atoms with Gasteiger partial charge in [0.15, 0.2) is 0 Å². The molecule has 0 aromatic rings. The van der Waals surface area contributed by atoms with Crippen LogP contribution in [0.25, 0.3) is 0 Å². The molecule has 0 fully saturated rings. The predicted octanol–water partition coefficient (Wildman–Crippen LogP) is 1.84. The van der Waals surface area contributed by atoms with Crippen LogP contribution in [0.3, 0.4) is 0 Å². The van der Waals surface area contributed by atoms with Crippen molar-refractivity contribution in [2.45, 2.75) is 38.7 Å². The van der Waals surface area contributed by atoms with Crippen LogP contribution in [-0.2, 0) is 9.53 Å². The number of ether oxygens (including phenoxy) is 1. The SMILES string of the molecule is CC1(C)OC(=O)C(C#N)=C1CCCC#N. The quantitative estimate of drug-likeness (QED) is 0.519. The lowest BCUT2D eigenvalue weighted by atomic mass is 9.91. The standard InChI is InChI=1S/C11H12N2O2/c1-11(2)9(5-3-4-6-12)8(7-13)10(14)15-11/h3-5H2,1-2H3. The van der Waals surface area contributed by atoms with Crippen LogP contribution in [0.2, 0.25) is 0 Å². The highest BCUT2D eigenvalue weighted by Gasteiger charge is 2.39. The van der Waals surface area contributed by atoms with Gasteiger partial charge in [-0.2, -0.15) is 10.5 Å². The molecular formula is C11H12N2O2. The van der Waals surface area contributed by atoms with Gasteiger partial charge in [-0.25, -0.2) is 4.79 Å². The van der Waals surface area contributed by atoms with Crippen molar-refractivity contribution in [1.29, 1.82) is 10.5 Å². The van der Waals surface area contributed by atoms with E-state index in [0.29, 0.717) is 24.8 Å². The van der Waals surface area contributed by atoms with Crippen molar-refractivity contribution in [2.24, 2.45) is 0 Å². The fourth-order valence-corrected chi connectivity index (χ4v) is 1.65. The molecule has 0 amide bonds. The molecule has 15 heavy (non-hydrogen) atoms. The Morgan fingerprint density at radius 2 is 2.07 bits per heavy atom. The van der Waals surface area contributed by atoms with E-state index in [1.54, 1.807) is 13.8 Å². The van der Waals surface area contributed by atoms with Gasteiger partial charge in [-0.3, -0.25) is 0 Å². The highest BCUT2D eigenvalue weighted by Crippen LogP contribution is 2.35. The van der Waals surface area contributed by atoms with Gasteiger partial charge in [-0.1, -0.05) is 0 Å². The van der Waals surface area contributed by atoms with E-state index in [1.165, 1.54) is 0 Å². The number of hydrogen-bond acceptors (Lipinski definition) is 4. The molecule has 78 valence electrons. The van der Waals surface area contributed by atoms with Crippen molar-refractivity contribution in [1.82, 2.24) is 0 Å². The number of rotatable bonds is 3. The summed E-state index contributed by atoms with van der Waals surface area (Å²) in [4.78, 5) is 11.3. The fraction of sp³-hybridized carbons (Fsp3) is 0.545. The number of cyclic esters (lactones) is 1. The average molecular weight is 204 g/mol. The Morgan fingerprint density at radius 3 is 2.60 bits per heavy atom. The third kappa shape index (κ3) is 2.16. The molecule has 0 aromatic heterocycles. The monoisotopic (exact) mass is 204 g/mol. The van der Waals surface area contributed by atoms with Gasteiger partial charge in [-0.15, -0.1) is 0 Å². The Labute approximate surface area is 88.8 Å². The second kappa shape index (κ2) is 4.14. The van der Waals surface area contributed by atoms with Gasteiger partial charge in [0.25, 0.3) is 0 Å². The summed E-state index contributed by atoms with van der Waals surface area (Å²) in [5.74, 6) is -0.547. The first-order valence-electron chi connectivity index (χ1n) is 4.77. The summed E-state index contributed by atoms with van der Waals surface area (Å²) < 4.78 is 5.08. The molecule has 0 bridgehead atoms. The molecule has 0 radical (unpaired) electrons. The fourth-order valence-electron chi connectivity index (χ4n) is 1.65. The molecule has 0 atom stereocenters. The first-order chi connectivity index (χ1) is 7.03. The normalized spacial score (nSPS) is 18.3. The van der Waals surface area contributed by atoms with Gasteiger partial charge >= 0.3 is 5.97 Å². The number of unbranched alkanes of at least 4 members (excludes halogenated alkanes) is 1. The van der Waals surface area contributed by atoms with Crippen LogP contribution < -0.4 is 0 Å². The molecule has 0 aliphatic carbocycles. The van der Waals surface area contributed by atoms with Gasteiger partial charge in [0.2, 0.25) is 0 Å². The van der Waals surface area contributed by atoms with Crippen molar-refractivity contribution >= 4 is 5.97 Å². The van der Waals surface area contributed by atoms with Crippen LogP contribution in [0.4, 0.5) is 0 Å². The summed E-state index contributed by atoms with van der Waals surface area (Å²) in [5.41, 5.74) is 0.126. The summed E-state index contributed by atoms with van der Waals surface area (Å²) in [6.45, 7) is 3.52. The van der Waals surface area contributed by atoms with E-state index in [-0.39, 0.29) is 5.57 Å². The Kier molecular flexibility index (Phi) is 3.11. The Bertz CT molecular complexity index is 394. The number of carbonyl (C=O) groups excluding carboxylic acids is 1. The Hall–Kier alpha value is -1.81. The van der Waals surface area contributed by atoms with Crippen LogP contribution in [-0.4, -0.2) is 11.6 Å². The van der Waals surface area contributed by atoms with E-state index < -0.39 is 11.6 Å². The zero-order valence-corrected chi connectivity index (χ0v) is 8.83. The molecule has 0 aromatic carbocycles. The van der Waals surface area contributed by atoms with Crippen molar-refractivity contribution in [3.05, 3.63) is 11.1 Å².